The molecule has 0 aliphatic carbocycles. The van der Waals surface area contributed by atoms with E-state index in [-0.39, 0.29) is 21.2 Å². The Morgan fingerprint density at radius 1 is 0.886 bits per heavy atom. The van der Waals surface area contributed by atoms with Crippen LogP contribution in [0, 0.1) is 0 Å². The molecule has 0 fully saturated rings. The summed E-state index contributed by atoms with van der Waals surface area (Å²) >= 11 is 4.48. The summed E-state index contributed by atoms with van der Waals surface area (Å²) in [6.45, 7) is 0. The average Bonchev–Trinajstić information content (AvgIpc) is 3.18. The first kappa shape index (κ1) is 24.6. The van der Waals surface area contributed by atoms with Gasteiger partial charge in [0, 0.05) is 9.69 Å². The third-order valence-electron chi connectivity index (χ3n) is 4.70. The topological polar surface area (TPSA) is 168 Å². The van der Waals surface area contributed by atoms with Gasteiger partial charge in [0.1, 0.15) is 17.6 Å². The second-order valence-electron chi connectivity index (χ2n) is 7.12. The maximum Gasteiger partial charge on any atom is 0.340 e. The molecule has 0 unspecified atom stereocenters. The molecule has 35 heavy (non-hydrogen) atoms. The molecule has 0 spiro atoms. The summed E-state index contributed by atoms with van der Waals surface area (Å²) in [4.78, 5) is 2.66. The van der Waals surface area contributed by atoms with E-state index in [2.05, 4.69) is 33.1 Å². The van der Waals surface area contributed by atoms with Gasteiger partial charge in [0.15, 0.2) is 0 Å². The van der Waals surface area contributed by atoms with Crippen LogP contribution in [0.4, 0.5) is 11.4 Å². The van der Waals surface area contributed by atoms with Crippen molar-refractivity contribution in [3.05, 3.63) is 66.7 Å². The minimum absolute atomic E-state index is 0.0746. The zero-order valence-corrected chi connectivity index (χ0v) is 20.4. The van der Waals surface area contributed by atoms with E-state index in [1.165, 1.54) is 52.1 Å². The van der Waals surface area contributed by atoms with E-state index >= 15 is 0 Å². The minimum Gasteiger partial charge on any atom is -0.282 e. The Bertz CT molecular complexity index is 1670. The fourth-order valence-corrected chi connectivity index (χ4v) is 4.56. The Morgan fingerprint density at radius 3 is 2.14 bits per heavy atom. The summed E-state index contributed by atoms with van der Waals surface area (Å²) in [5.74, 6) is 0.0746. The third kappa shape index (κ3) is 5.44. The maximum absolute atomic E-state index is 11.7. The predicted molar refractivity (Wildman–Crippen MR) is 125 cm³/mol. The van der Waals surface area contributed by atoms with Gasteiger partial charge < -0.3 is 0 Å². The first-order valence-electron chi connectivity index (χ1n) is 9.67. The Morgan fingerprint density at radius 2 is 1.51 bits per heavy atom. The van der Waals surface area contributed by atoms with E-state index < -0.39 is 20.2 Å². The van der Waals surface area contributed by atoms with Crippen LogP contribution in [0.5, 0.6) is 0 Å². The van der Waals surface area contributed by atoms with Gasteiger partial charge in [-0.3, -0.25) is 9.11 Å². The summed E-state index contributed by atoms with van der Waals surface area (Å²) in [7, 11) is -7.17. The Balaban J connectivity index is 1.63. The SMILES string of the molecule is C[n+]1nc(-c2ccccc2S(=O)(=O)O)nn1-c1ccc(N=Nc2ccc(S(=O)(=O)O)cc2)cc1S. The van der Waals surface area contributed by atoms with Crippen molar-refractivity contribution in [3.8, 4) is 17.1 Å². The summed E-state index contributed by atoms with van der Waals surface area (Å²) in [6, 6.07) is 15.9. The van der Waals surface area contributed by atoms with Crippen molar-refractivity contribution in [3.63, 3.8) is 0 Å². The molecule has 0 bridgehead atoms. The highest BCUT2D eigenvalue weighted by Gasteiger charge is 2.26. The predicted octanol–water partition coefficient (Wildman–Crippen LogP) is 2.96. The van der Waals surface area contributed by atoms with Crippen molar-refractivity contribution in [1.29, 1.82) is 0 Å². The van der Waals surface area contributed by atoms with Gasteiger partial charge in [0.05, 0.1) is 26.9 Å². The van der Waals surface area contributed by atoms with Gasteiger partial charge in [-0.2, -0.15) is 27.1 Å². The molecule has 2 N–H and O–H groups in total. The van der Waals surface area contributed by atoms with Crippen molar-refractivity contribution in [1.82, 2.24) is 15.0 Å². The molecule has 0 aliphatic rings. The van der Waals surface area contributed by atoms with E-state index in [9.17, 15) is 21.4 Å². The summed E-state index contributed by atoms with van der Waals surface area (Å²) in [5.41, 5.74) is 1.45. The van der Waals surface area contributed by atoms with Crippen LogP contribution in [0.1, 0.15) is 0 Å². The number of hydrogen-bond donors (Lipinski definition) is 3. The fraction of sp³-hybridized carbons (Fsp3) is 0.0500. The fourth-order valence-electron chi connectivity index (χ4n) is 3.09. The molecule has 1 heterocycles. The normalized spacial score (nSPS) is 12.3. The molecule has 15 heteroatoms. The summed E-state index contributed by atoms with van der Waals surface area (Å²) in [5, 5.41) is 16.7. The highest BCUT2D eigenvalue weighted by molar-refractivity contribution is 7.86. The van der Waals surface area contributed by atoms with Gasteiger partial charge >= 0.3 is 5.82 Å². The molecule has 0 aliphatic heterocycles. The number of rotatable bonds is 6. The first-order chi connectivity index (χ1) is 16.4. The maximum atomic E-state index is 11.7. The number of tetrazole rings is 1. The van der Waals surface area contributed by atoms with Crippen LogP contribution in [-0.2, 0) is 27.3 Å². The summed E-state index contributed by atoms with van der Waals surface area (Å²) in [6.07, 6.45) is 0. The number of azo groups is 1. The zero-order chi connectivity index (χ0) is 25.4. The van der Waals surface area contributed by atoms with Crippen LogP contribution >= 0.6 is 12.6 Å². The summed E-state index contributed by atoms with van der Waals surface area (Å²) < 4.78 is 64.2. The average molecular weight is 534 g/mol. The molecule has 12 nitrogen and oxygen atoms in total. The first-order valence-corrected chi connectivity index (χ1v) is 13.0. The zero-order valence-electron chi connectivity index (χ0n) is 17.8. The molecule has 4 aromatic rings. The number of hydrogen-bond acceptors (Lipinski definition) is 9. The molecule has 180 valence electrons. The smallest absolute Gasteiger partial charge is 0.282 e. The lowest BCUT2D eigenvalue weighted by Crippen LogP contribution is -2.41. The molecule has 0 saturated carbocycles. The lowest BCUT2D eigenvalue weighted by Gasteiger charge is -2.02. The number of nitrogens with zero attached hydrogens (tertiary/aromatic N) is 6. The van der Waals surface area contributed by atoms with Crippen LogP contribution in [0.15, 0.2) is 91.6 Å². The molecule has 4 rings (SSSR count). The minimum atomic E-state index is -4.48. The van der Waals surface area contributed by atoms with Gasteiger partial charge in [-0.1, -0.05) is 16.9 Å². The molecule has 0 radical (unpaired) electrons. The van der Waals surface area contributed by atoms with Gasteiger partial charge in [-0.15, -0.1) is 12.6 Å². The van der Waals surface area contributed by atoms with Gasteiger partial charge in [0.2, 0.25) is 0 Å². The van der Waals surface area contributed by atoms with Crippen molar-refractivity contribution < 1.29 is 30.7 Å². The van der Waals surface area contributed by atoms with Gasteiger partial charge in [-0.25, -0.2) is 0 Å². The van der Waals surface area contributed by atoms with Gasteiger partial charge in [-0.05, 0) is 59.7 Å². The second-order valence-corrected chi connectivity index (χ2v) is 10.4. The third-order valence-corrected chi connectivity index (χ3v) is 6.84. The van der Waals surface area contributed by atoms with Crippen molar-refractivity contribution in [2.24, 2.45) is 17.3 Å². The van der Waals surface area contributed by atoms with E-state index in [0.29, 0.717) is 22.0 Å². The number of aromatic nitrogens is 4. The lowest BCUT2D eigenvalue weighted by atomic mass is 10.2. The van der Waals surface area contributed by atoms with Crippen LogP contribution < -0.4 is 4.80 Å². The monoisotopic (exact) mass is 533 g/mol. The molecule has 0 saturated heterocycles. The number of aryl methyl sites for hydroxylation is 1. The van der Waals surface area contributed by atoms with E-state index in [1.807, 2.05) is 0 Å². The highest BCUT2D eigenvalue weighted by atomic mass is 32.2. The Hall–Kier alpha value is -3.50. The Kier molecular flexibility index (Phi) is 6.52. The van der Waals surface area contributed by atoms with Crippen molar-refractivity contribution in [2.45, 2.75) is 14.7 Å². The largest absolute Gasteiger partial charge is 0.340 e. The van der Waals surface area contributed by atoms with E-state index in [1.54, 1.807) is 31.3 Å². The molecular formula is C20H17N6O6S3+. The molecular weight excluding hydrogens is 516 g/mol. The second kappa shape index (κ2) is 9.27. The quantitative estimate of drug-likeness (QED) is 0.147. The van der Waals surface area contributed by atoms with Gasteiger partial charge in [0.25, 0.3) is 20.2 Å². The van der Waals surface area contributed by atoms with Crippen LogP contribution in [0.2, 0.25) is 0 Å². The standard InChI is InChI=1S/C20H16N6O6S3/c1-25-23-20(16-4-2-3-5-19(16)35(30,31)32)24-26(25)17-11-8-14(12-18(17)33)22-21-13-6-9-15(10-7-13)34(27,28)29/h2-12H,1H3,(H2-,23,24,27,28,29,30,31,32,33)/p+1. The van der Waals surface area contributed by atoms with E-state index in [0.717, 1.165) is 0 Å². The number of benzene rings is 3. The highest BCUT2D eigenvalue weighted by Crippen LogP contribution is 2.27. The van der Waals surface area contributed by atoms with Crippen LogP contribution in [0.25, 0.3) is 17.1 Å². The molecule has 0 amide bonds. The van der Waals surface area contributed by atoms with Crippen LogP contribution in [0.3, 0.4) is 0 Å². The molecule has 1 aromatic heterocycles. The Labute approximate surface area is 205 Å². The van der Waals surface area contributed by atoms with Crippen molar-refractivity contribution in [2.75, 3.05) is 0 Å². The molecule has 3 aromatic carbocycles. The van der Waals surface area contributed by atoms with Crippen LogP contribution in [-0.4, -0.2) is 40.9 Å². The molecule has 0 atom stereocenters. The number of thiol groups is 1. The lowest BCUT2D eigenvalue weighted by molar-refractivity contribution is -0.800. The van der Waals surface area contributed by atoms with E-state index in [4.69, 9.17) is 4.55 Å². The van der Waals surface area contributed by atoms with Crippen molar-refractivity contribution >= 4 is 44.2 Å².